The van der Waals surface area contributed by atoms with Crippen molar-refractivity contribution >= 4 is 11.7 Å². The Kier molecular flexibility index (Phi) is 4.55. The van der Waals surface area contributed by atoms with Crippen LogP contribution in [0, 0.1) is 0 Å². The largest absolute Gasteiger partial charge is 0.378 e. The zero-order valence-corrected chi connectivity index (χ0v) is 12.1. The van der Waals surface area contributed by atoms with Gasteiger partial charge < -0.3 is 15.0 Å². The van der Waals surface area contributed by atoms with Crippen molar-refractivity contribution in [3.63, 3.8) is 0 Å². The number of aromatic nitrogens is 3. The molecule has 1 N–H and O–H groups in total. The van der Waals surface area contributed by atoms with Crippen molar-refractivity contribution in [2.75, 3.05) is 31.2 Å². The minimum Gasteiger partial charge on any atom is -0.378 e. The number of carbonyl (C=O) groups is 1. The van der Waals surface area contributed by atoms with E-state index in [0.717, 1.165) is 37.7 Å². The van der Waals surface area contributed by atoms with Gasteiger partial charge in [0.25, 0.3) is 5.91 Å². The fourth-order valence-electron chi connectivity index (χ4n) is 2.23. The standard InChI is InChI=1S/C15H17N5O2/c21-15(13-11-16-3-4-17-13)19-10-12-1-2-18-14(9-12)20-5-7-22-8-6-20/h1-4,9,11H,5-8,10H2,(H,19,21). The van der Waals surface area contributed by atoms with Crippen LogP contribution in [0.2, 0.25) is 0 Å². The number of carbonyl (C=O) groups excluding carboxylic acids is 1. The van der Waals surface area contributed by atoms with Gasteiger partial charge in [-0.1, -0.05) is 0 Å². The molecule has 0 aromatic carbocycles. The van der Waals surface area contributed by atoms with E-state index in [0.29, 0.717) is 12.2 Å². The molecule has 0 radical (unpaired) electrons. The Balaban J connectivity index is 1.62. The van der Waals surface area contributed by atoms with Crippen LogP contribution in [0.1, 0.15) is 16.1 Å². The maximum atomic E-state index is 11.9. The lowest BCUT2D eigenvalue weighted by atomic mass is 10.2. The normalized spacial score (nSPS) is 14.6. The molecule has 0 atom stereocenters. The molecule has 0 saturated carbocycles. The molecule has 2 aromatic rings. The van der Waals surface area contributed by atoms with Crippen molar-refractivity contribution in [1.29, 1.82) is 0 Å². The summed E-state index contributed by atoms with van der Waals surface area (Å²) in [7, 11) is 0. The zero-order valence-electron chi connectivity index (χ0n) is 12.1. The Morgan fingerprint density at radius 1 is 1.23 bits per heavy atom. The third kappa shape index (κ3) is 3.56. The highest BCUT2D eigenvalue weighted by molar-refractivity contribution is 5.91. The number of morpholine rings is 1. The van der Waals surface area contributed by atoms with Crippen molar-refractivity contribution in [2.45, 2.75) is 6.54 Å². The summed E-state index contributed by atoms with van der Waals surface area (Å²) in [6.45, 7) is 3.53. The van der Waals surface area contributed by atoms with E-state index in [2.05, 4.69) is 25.2 Å². The number of rotatable bonds is 4. The second kappa shape index (κ2) is 6.95. The summed E-state index contributed by atoms with van der Waals surface area (Å²) in [6.07, 6.45) is 6.24. The predicted molar refractivity (Wildman–Crippen MR) is 80.5 cm³/mol. The first kappa shape index (κ1) is 14.4. The first-order valence-corrected chi connectivity index (χ1v) is 7.15. The van der Waals surface area contributed by atoms with Crippen LogP contribution in [0.3, 0.4) is 0 Å². The Labute approximate surface area is 128 Å². The van der Waals surface area contributed by atoms with Gasteiger partial charge in [-0.05, 0) is 17.7 Å². The van der Waals surface area contributed by atoms with E-state index in [4.69, 9.17) is 4.74 Å². The zero-order chi connectivity index (χ0) is 15.2. The fraction of sp³-hybridized carbons (Fsp3) is 0.333. The Hall–Kier alpha value is -2.54. The van der Waals surface area contributed by atoms with Crippen molar-refractivity contribution in [1.82, 2.24) is 20.3 Å². The van der Waals surface area contributed by atoms with Crippen LogP contribution in [-0.4, -0.2) is 47.2 Å². The van der Waals surface area contributed by atoms with Crippen LogP contribution < -0.4 is 10.2 Å². The van der Waals surface area contributed by atoms with Gasteiger partial charge >= 0.3 is 0 Å². The molecule has 1 fully saturated rings. The van der Waals surface area contributed by atoms with E-state index in [1.165, 1.54) is 18.6 Å². The van der Waals surface area contributed by atoms with Gasteiger partial charge in [-0.15, -0.1) is 0 Å². The maximum absolute atomic E-state index is 11.9. The molecule has 0 unspecified atom stereocenters. The second-order valence-electron chi connectivity index (χ2n) is 4.90. The molecule has 3 rings (SSSR count). The van der Waals surface area contributed by atoms with Gasteiger partial charge in [-0.2, -0.15) is 0 Å². The van der Waals surface area contributed by atoms with Crippen LogP contribution in [0.5, 0.6) is 0 Å². The number of nitrogens with one attached hydrogen (secondary N) is 1. The minimum atomic E-state index is -0.238. The molecule has 0 bridgehead atoms. The first-order chi connectivity index (χ1) is 10.8. The second-order valence-corrected chi connectivity index (χ2v) is 4.90. The Bertz CT molecular complexity index is 629. The molecule has 1 saturated heterocycles. The topological polar surface area (TPSA) is 80.2 Å². The van der Waals surface area contributed by atoms with Gasteiger partial charge in [-0.3, -0.25) is 9.78 Å². The van der Waals surface area contributed by atoms with E-state index in [1.54, 1.807) is 6.20 Å². The average Bonchev–Trinajstić information content (AvgIpc) is 2.61. The summed E-state index contributed by atoms with van der Waals surface area (Å²) in [5.74, 6) is 0.674. The van der Waals surface area contributed by atoms with Crippen LogP contribution in [0.15, 0.2) is 36.9 Å². The number of nitrogens with zero attached hydrogens (tertiary/aromatic N) is 4. The molecule has 22 heavy (non-hydrogen) atoms. The smallest absolute Gasteiger partial charge is 0.271 e. The first-order valence-electron chi connectivity index (χ1n) is 7.15. The summed E-state index contributed by atoms with van der Waals surface area (Å²) in [5.41, 5.74) is 1.30. The number of pyridine rings is 1. The molecule has 7 heteroatoms. The monoisotopic (exact) mass is 299 g/mol. The maximum Gasteiger partial charge on any atom is 0.271 e. The Morgan fingerprint density at radius 3 is 2.86 bits per heavy atom. The molecule has 0 spiro atoms. The molecule has 0 aliphatic carbocycles. The van der Waals surface area contributed by atoms with E-state index in [1.807, 2.05) is 12.1 Å². The number of hydrogen-bond acceptors (Lipinski definition) is 6. The number of amides is 1. The van der Waals surface area contributed by atoms with E-state index in [-0.39, 0.29) is 5.91 Å². The molecule has 1 amide bonds. The average molecular weight is 299 g/mol. The minimum absolute atomic E-state index is 0.238. The molecule has 1 aliphatic rings. The molecule has 2 aromatic heterocycles. The molecule has 114 valence electrons. The van der Waals surface area contributed by atoms with E-state index >= 15 is 0 Å². The molecule has 1 aliphatic heterocycles. The summed E-state index contributed by atoms with van der Waals surface area (Å²) in [4.78, 5) is 26.4. The number of anilines is 1. The summed E-state index contributed by atoms with van der Waals surface area (Å²) >= 11 is 0. The highest BCUT2D eigenvalue weighted by atomic mass is 16.5. The molecule has 3 heterocycles. The van der Waals surface area contributed by atoms with Gasteiger partial charge in [0.2, 0.25) is 0 Å². The van der Waals surface area contributed by atoms with Crippen LogP contribution in [0.25, 0.3) is 0 Å². The van der Waals surface area contributed by atoms with E-state index in [9.17, 15) is 4.79 Å². The number of ether oxygens (including phenoxy) is 1. The highest BCUT2D eigenvalue weighted by Crippen LogP contribution is 2.14. The van der Waals surface area contributed by atoms with Gasteiger partial charge in [0.05, 0.1) is 19.4 Å². The lowest BCUT2D eigenvalue weighted by Crippen LogP contribution is -2.36. The van der Waals surface area contributed by atoms with Crippen LogP contribution >= 0.6 is 0 Å². The van der Waals surface area contributed by atoms with Crippen molar-refractivity contribution in [3.05, 3.63) is 48.2 Å². The lowest BCUT2D eigenvalue weighted by Gasteiger charge is -2.28. The van der Waals surface area contributed by atoms with Crippen LogP contribution in [0.4, 0.5) is 5.82 Å². The van der Waals surface area contributed by atoms with E-state index < -0.39 is 0 Å². The molecule has 7 nitrogen and oxygen atoms in total. The van der Waals surface area contributed by atoms with Gasteiger partial charge in [0, 0.05) is 38.2 Å². The molecular weight excluding hydrogens is 282 g/mol. The summed E-state index contributed by atoms with van der Waals surface area (Å²) in [5, 5.41) is 2.83. The fourth-order valence-corrected chi connectivity index (χ4v) is 2.23. The SMILES string of the molecule is O=C(NCc1ccnc(N2CCOCC2)c1)c1cnccn1. The van der Waals surface area contributed by atoms with Crippen LogP contribution in [-0.2, 0) is 11.3 Å². The third-order valence-electron chi connectivity index (χ3n) is 3.39. The highest BCUT2D eigenvalue weighted by Gasteiger charge is 2.13. The van der Waals surface area contributed by atoms with Gasteiger partial charge in [-0.25, -0.2) is 9.97 Å². The predicted octanol–water partition coefficient (Wildman–Crippen LogP) is 0.638. The van der Waals surface area contributed by atoms with Gasteiger partial charge in [0.1, 0.15) is 11.5 Å². The summed E-state index contributed by atoms with van der Waals surface area (Å²) in [6, 6.07) is 3.88. The molecular formula is C15H17N5O2. The summed E-state index contributed by atoms with van der Waals surface area (Å²) < 4.78 is 5.34. The third-order valence-corrected chi connectivity index (χ3v) is 3.39. The lowest BCUT2D eigenvalue weighted by molar-refractivity contribution is 0.0945. The number of hydrogen-bond donors (Lipinski definition) is 1. The van der Waals surface area contributed by atoms with Crippen molar-refractivity contribution < 1.29 is 9.53 Å². The Morgan fingerprint density at radius 2 is 2.09 bits per heavy atom. The van der Waals surface area contributed by atoms with Gasteiger partial charge in [0.15, 0.2) is 0 Å². The van der Waals surface area contributed by atoms with Crippen molar-refractivity contribution in [3.8, 4) is 0 Å². The quantitative estimate of drug-likeness (QED) is 0.892. The van der Waals surface area contributed by atoms with Crippen molar-refractivity contribution in [2.24, 2.45) is 0 Å².